The van der Waals surface area contributed by atoms with Gasteiger partial charge in [0.15, 0.2) is 0 Å². The molecule has 2 aliphatic rings. The molecule has 9 nitrogen and oxygen atoms in total. The predicted molar refractivity (Wildman–Crippen MR) is 89.1 cm³/mol. The molecular formula is C15H20N6O3S. The quantitative estimate of drug-likeness (QED) is 0.762. The molecular weight excluding hydrogens is 344 g/mol. The minimum atomic E-state index is -3.55. The topological polar surface area (TPSA) is 93.5 Å². The van der Waals surface area contributed by atoms with Gasteiger partial charge in [0, 0.05) is 31.7 Å². The van der Waals surface area contributed by atoms with E-state index in [1.807, 2.05) is 0 Å². The average Bonchev–Trinajstić information content (AvgIpc) is 3.31. The first kappa shape index (κ1) is 16.4. The van der Waals surface area contributed by atoms with E-state index in [4.69, 9.17) is 4.74 Å². The van der Waals surface area contributed by atoms with Gasteiger partial charge in [-0.1, -0.05) is 0 Å². The van der Waals surface area contributed by atoms with Gasteiger partial charge in [0.05, 0.1) is 12.0 Å². The van der Waals surface area contributed by atoms with Crippen LogP contribution >= 0.6 is 0 Å². The molecule has 2 saturated heterocycles. The van der Waals surface area contributed by atoms with Gasteiger partial charge in [-0.05, 0) is 41.9 Å². The van der Waals surface area contributed by atoms with Gasteiger partial charge in [-0.25, -0.2) is 8.42 Å². The van der Waals surface area contributed by atoms with Gasteiger partial charge in [0.1, 0.15) is 17.8 Å². The molecule has 0 spiro atoms. The number of fused-ring (bicyclic) bond motifs is 1. The zero-order chi connectivity index (χ0) is 17.4. The van der Waals surface area contributed by atoms with Gasteiger partial charge in [-0.15, -0.1) is 5.10 Å². The SMILES string of the molecule is COc1cc(S(=O)(=O)N2CCN3CCC[C@@H]3C2)ccc1-n1cnnn1. The van der Waals surface area contributed by atoms with Crippen molar-refractivity contribution >= 4 is 10.0 Å². The van der Waals surface area contributed by atoms with Gasteiger partial charge in [0.25, 0.3) is 0 Å². The summed E-state index contributed by atoms with van der Waals surface area (Å²) in [5.74, 6) is 0.410. The lowest BCUT2D eigenvalue weighted by molar-refractivity contribution is 0.158. The highest BCUT2D eigenvalue weighted by Gasteiger charge is 2.36. The van der Waals surface area contributed by atoms with E-state index < -0.39 is 10.0 Å². The van der Waals surface area contributed by atoms with Crippen LogP contribution in [0, 0.1) is 0 Å². The van der Waals surface area contributed by atoms with Gasteiger partial charge in [0.2, 0.25) is 10.0 Å². The van der Waals surface area contributed by atoms with Crippen molar-refractivity contribution in [3.05, 3.63) is 24.5 Å². The summed E-state index contributed by atoms with van der Waals surface area (Å²) in [7, 11) is -2.06. The number of benzene rings is 1. The molecule has 1 atom stereocenters. The molecule has 0 unspecified atom stereocenters. The Bertz CT molecular complexity index is 854. The Morgan fingerprint density at radius 3 is 2.88 bits per heavy atom. The molecule has 0 amide bonds. The highest BCUT2D eigenvalue weighted by molar-refractivity contribution is 7.89. The molecule has 134 valence electrons. The molecule has 1 aromatic carbocycles. The Morgan fingerprint density at radius 2 is 2.12 bits per heavy atom. The summed E-state index contributed by atoms with van der Waals surface area (Å²) in [6.45, 7) is 2.95. The van der Waals surface area contributed by atoms with Crippen LogP contribution in [0.25, 0.3) is 5.69 Å². The van der Waals surface area contributed by atoms with Crippen LogP contribution in [0.15, 0.2) is 29.4 Å². The summed E-state index contributed by atoms with van der Waals surface area (Å²) in [5, 5.41) is 11.0. The summed E-state index contributed by atoms with van der Waals surface area (Å²) in [6.07, 6.45) is 3.64. The summed E-state index contributed by atoms with van der Waals surface area (Å²) in [4.78, 5) is 2.61. The van der Waals surface area contributed by atoms with Crippen molar-refractivity contribution < 1.29 is 13.2 Å². The number of piperazine rings is 1. The van der Waals surface area contributed by atoms with Crippen LogP contribution in [-0.2, 0) is 10.0 Å². The van der Waals surface area contributed by atoms with Crippen LogP contribution in [-0.4, -0.2) is 77.2 Å². The van der Waals surface area contributed by atoms with Gasteiger partial charge >= 0.3 is 0 Å². The molecule has 0 N–H and O–H groups in total. The third-order valence-electron chi connectivity index (χ3n) is 4.93. The second-order valence-corrected chi connectivity index (χ2v) is 8.22. The van der Waals surface area contributed by atoms with E-state index in [0.29, 0.717) is 30.6 Å². The molecule has 0 saturated carbocycles. The highest BCUT2D eigenvalue weighted by Crippen LogP contribution is 2.29. The van der Waals surface area contributed by atoms with Crippen molar-refractivity contribution in [2.75, 3.05) is 33.3 Å². The first-order valence-electron chi connectivity index (χ1n) is 8.25. The Labute approximate surface area is 146 Å². The van der Waals surface area contributed by atoms with Gasteiger partial charge in [-0.3, -0.25) is 4.90 Å². The highest BCUT2D eigenvalue weighted by atomic mass is 32.2. The second kappa shape index (κ2) is 6.36. The minimum absolute atomic E-state index is 0.229. The Morgan fingerprint density at radius 1 is 1.24 bits per heavy atom. The van der Waals surface area contributed by atoms with Crippen LogP contribution in [0.4, 0.5) is 0 Å². The van der Waals surface area contributed by atoms with E-state index in [1.54, 1.807) is 16.4 Å². The molecule has 0 aliphatic carbocycles. The fourth-order valence-corrected chi connectivity index (χ4v) is 5.09. The molecule has 2 aliphatic heterocycles. The van der Waals surface area contributed by atoms with Crippen molar-refractivity contribution in [3.63, 3.8) is 0 Å². The van der Waals surface area contributed by atoms with Crippen molar-refractivity contribution in [2.24, 2.45) is 0 Å². The third-order valence-corrected chi connectivity index (χ3v) is 6.80. The maximum absolute atomic E-state index is 13.0. The fourth-order valence-electron chi connectivity index (χ4n) is 3.61. The number of rotatable bonds is 4. The van der Waals surface area contributed by atoms with E-state index in [1.165, 1.54) is 24.2 Å². The van der Waals surface area contributed by atoms with E-state index in [0.717, 1.165) is 25.9 Å². The first-order chi connectivity index (χ1) is 12.1. The van der Waals surface area contributed by atoms with E-state index in [2.05, 4.69) is 20.4 Å². The predicted octanol–water partition coefficient (Wildman–Crippen LogP) is 0.140. The number of ether oxygens (including phenoxy) is 1. The van der Waals surface area contributed by atoms with Crippen LogP contribution < -0.4 is 4.74 Å². The number of methoxy groups -OCH3 is 1. The minimum Gasteiger partial charge on any atom is -0.494 e. The van der Waals surface area contributed by atoms with Crippen LogP contribution in [0.5, 0.6) is 5.75 Å². The second-order valence-electron chi connectivity index (χ2n) is 6.28. The first-order valence-corrected chi connectivity index (χ1v) is 9.69. The number of hydrogen-bond donors (Lipinski definition) is 0. The van der Waals surface area contributed by atoms with E-state index in [-0.39, 0.29) is 4.90 Å². The lowest BCUT2D eigenvalue weighted by atomic mass is 10.2. The number of nitrogens with zero attached hydrogens (tertiary/aromatic N) is 6. The van der Waals surface area contributed by atoms with Crippen molar-refractivity contribution in [2.45, 2.75) is 23.8 Å². The van der Waals surface area contributed by atoms with Gasteiger partial charge < -0.3 is 4.74 Å². The number of hydrogen-bond acceptors (Lipinski definition) is 7. The summed E-state index contributed by atoms with van der Waals surface area (Å²) < 4.78 is 34.5. The monoisotopic (exact) mass is 364 g/mol. The molecule has 0 bridgehead atoms. The lowest BCUT2D eigenvalue weighted by Crippen LogP contribution is -2.51. The molecule has 2 aromatic rings. The molecule has 0 radical (unpaired) electrons. The van der Waals surface area contributed by atoms with Crippen molar-refractivity contribution in [3.8, 4) is 11.4 Å². The standard InChI is InChI=1S/C15H20N6O3S/c1-24-15-9-13(4-5-14(15)21-11-16-17-18-21)25(22,23)20-8-7-19-6-2-3-12(19)10-20/h4-5,9,11-12H,2-3,6-8,10H2,1H3/t12-/m1/s1. The van der Waals surface area contributed by atoms with Crippen LogP contribution in [0.1, 0.15) is 12.8 Å². The summed E-state index contributed by atoms with van der Waals surface area (Å²) in [6, 6.07) is 5.11. The molecule has 3 heterocycles. The zero-order valence-electron chi connectivity index (χ0n) is 13.9. The van der Waals surface area contributed by atoms with E-state index >= 15 is 0 Å². The third kappa shape index (κ3) is 2.90. The molecule has 2 fully saturated rings. The fraction of sp³-hybridized carbons (Fsp3) is 0.533. The number of aromatic nitrogens is 4. The Balaban J connectivity index is 1.64. The summed E-state index contributed by atoms with van der Waals surface area (Å²) >= 11 is 0. The lowest BCUT2D eigenvalue weighted by Gasteiger charge is -2.36. The van der Waals surface area contributed by atoms with Crippen LogP contribution in [0.3, 0.4) is 0 Å². The average molecular weight is 364 g/mol. The van der Waals surface area contributed by atoms with Crippen molar-refractivity contribution in [1.82, 2.24) is 29.4 Å². The maximum atomic E-state index is 13.0. The van der Waals surface area contributed by atoms with E-state index in [9.17, 15) is 8.42 Å². The molecule has 10 heteroatoms. The maximum Gasteiger partial charge on any atom is 0.243 e. The zero-order valence-corrected chi connectivity index (χ0v) is 14.8. The number of sulfonamides is 1. The Kier molecular flexibility index (Phi) is 4.18. The van der Waals surface area contributed by atoms with Crippen molar-refractivity contribution in [1.29, 1.82) is 0 Å². The molecule has 1 aromatic heterocycles. The Hall–Kier alpha value is -2.04. The van der Waals surface area contributed by atoms with Crippen LogP contribution in [0.2, 0.25) is 0 Å². The molecule has 4 rings (SSSR count). The smallest absolute Gasteiger partial charge is 0.243 e. The summed E-state index contributed by atoms with van der Waals surface area (Å²) in [5.41, 5.74) is 0.590. The number of tetrazole rings is 1. The molecule has 25 heavy (non-hydrogen) atoms. The normalized spacial score (nSPS) is 22.0. The van der Waals surface area contributed by atoms with Gasteiger partial charge in [-0.2, -0.15) is 8.99 Å². The largest absolute Gasteiger partial charge is 0.494 e.